The van der Waals surface area contributed by atoms with Gasteiger partial charge >= 0.3 is 6.18 Å². The molecule has 2 heterocycles. The summed E-state index contributed by atoms with van der Waals surface area (Å²) in [7, 11) is 0. The van der Waals surface area contributed by atoms with Gasteiger partial charge in [0.05, 0.1) is 17.4 Å². The van der Waals surface area contributed by atoms with E-state index >= 15 is 0 Å². The predicted molar refractivity (Wildman–Crippen MR) is 81.2 cm³/mol. The normalized spacial score (nSPS) is 22.2. The van der Waals surface area contributed by atoms with Crippen molar-refractivity contribution in [2.75, 3.05) is 6.54 Å². The summed E-state index contributed by atoms with van der Waals surface area (Å²) in [6.07, 6.45) is -4.80. The summed E-state index contributed by atoms with van der Waals surface area (Å²) >= 11 is 0. The number of aromatic nitrogens is 1. The molecule has 1 aromatic carbocycles. The lowest BCUT2D eigenvalue weighted by molar-refractivity contribution is -0.138. The van der Waals surface area contributed by atoms with Crippen molar-refractivity contribution in [2.24, 2.45) is 0 Å². The fraction of sp³-hybridized carbons (Fsp3) is 0.471. The van der Waals surface area contributed by atoms with E-state index in [0.717, 1.165) is 17.3 Å². The van der Waals surface area contributed by atoms with Gasteiger partial charge in [-0.25, -0.2) is 0 Å². The van der Waals surface area contributed by atoms with Crippen LogP contribution in [0.1, 0.15) is 40.6 Å². The molecule has 1 aliphatic rings. The number of halogens is 3. The Balaban J connectivity index is 1.95. The number of benzene rings is 1. The van der Waals surface area contributed by atoms with E-state index in [2.05, 4.69) is 5.16 Å². The molecule has 0 aliphatic carbocycles. The van der Waals surface area contributed by atoms with E-state index in [-0.39, 0.29) is 12.0 Å². The van der Waals surface area contributed by atoms with Gasteiger partial charge in [-0.05, 0) is 31.9 Å². The lowest BCUT2D eigenvalue weighted by atomic mass is 9.97. The molecule has 0 saturated carbocycles. The van der Waals surface area contributed by atoms with Crippen LogP contribution in [0.3, 0.4) is 0 Å². The number of hydrogen-bond acceptors (Lipinski definition) is 4. The highest BCUT2D eigenvalue weighted by atomic mass is 19.4. The van der Waals surface area contributed by atoms with E-state index < -0.39 is 23.9 Å². The molecular formula is C17H19F3N2O2. The third-order valence-electron chi connectivity index (χ3n) is 4.55. The smallest absolute Gasteiger partial charge is 0.392 e. The highest BCUT2D eigenvalue weighted by molar-refractivity contribution is 5.34. The first-order valence-electron chi connectivity index (χ1n) is 7.77. The quantitative estimate of drug-likeness (QED) is 0.927. The van der Waals surface area contributed by atoms with Crippen molar-refractivity contribution in [3.8, 4) is 0 Å². The second-order valence-corrected chi connectivity index (χ2v) is 6.22. The third-order valence-corrected chi connectivity index (χ3v) is 4.55. The highest BCUT2D eigenvalue weighted by Crippen LogP contribution is 2.41. The summed E-state index contributed by atoms with van der Waals surface area (Å²) in [6.45, 7) is 4.30. The van der Waals surface area contributed by atoms with Crippen molar-refractivity contribution in [2.45, 2.75) is 45.1 Å². The van der Waals surface area contributed by atoms with Crippen LogP contribution in [0.25, 0.3) is 0 Å². The predicted octanol–water partition coefficient (Wildman–Crippen LogP) is 3.62. The molecule has 2 aromatic rings. The zero-order chi connectivity index (χ0) is 17.5. The van der Waals surface area contributed by atoms with Gasteiger partial charge in [0.1, 0.15) is 5.76 Å². The van der Waals surface area contributed by atoms with Crippen LogP contribution >= 0.6 is 0 Å². The number of rotatable bonds is 3. The van der Waals surface area contributed by atoms with Gasteiger partial charge in [-0.15, -0.1) is 0 Å². The molecule has 1 saturated heterocycles. The lowest BCUT2D eigenvalue weighted by Gasteiger charge is -2.26. The fourth-order valence-corrected chi connectivity index (χ4v) is 3.35. The van der Waals surface area contributed by atoms with Crippen LogP contribution in [0.15, 0.2) is 28.8 Å². The Morgan fingerprint density at radius 1 is 1.29 bits per heavy atom. The summed E-state index contributed by atoms with van der Waals surface area (Å²) in [4.78, 5) is 1.86. The maximum atomic E-state index is 13.3. The Bertz CT molecular complexity index is 707. The number of nitrogens with zero attached hydrogens (tertiary/aromatic N) is 2. The topological polar surface area (TPSA) is 49.5 Å². The maximum Gasteiger partial charge on any atom is 0.416 e. The summed E-state index contributed by atoms with van der Waals surface area (Å²) in [5.41, 5.74) is 1.14. The van der Waals surface area contributed by atoms with Crippen molar-refractivity contribution in [1.82, 2.24) is 10.1 Å². The molecule has 0 amide bonds. The molecule has 1 aliphatic heterocycles. The van der Waals surface area contributed by atoms with E-state index in [0.29, 0.717) is 18.8 Å². The number of likely N-dealkylation sites (tertiary alicyclic amines) is 1. The molecule has 7 heteroatoms. The zero-order valence-electron chi connectivity index (χ0n) is 13.5. The van der Waals surface area contributed by atoms with Gasteiger partial charge in [0.2, 0.25) is 0 Å². The first-order chi connectivity index (χ1) is 11.3. The van der Waals surface area contributed by atoms with E-state index in [1.54, 1.807) is 19.9 Å². The van der Waals surface area contributed by atoms with Crippen molar-refractivity contribution in [3.05, 3.63) is 52.4 Å². The summed E-state index contributed by atoms with van der Waals surface area (Å²) in [6, 6.07) is 5.08. The first-order valence-corrected chi connectivity index (χ1v) is 7.77. The van der Waals surface area contributed by atoms with Crippen LogP contribution in [0.4, 0.5) is 13.2 Å². The average molecular weight is 340 g/mol. The van der Waals surface area contributed by atoms with Crippen molar-refractivity contribution >= 4 is 0 Å². The fourth-order valence-electron chi connectivity index (χ4n) is 3.35. The Hall–Kier alpha value is -1.86. The number of hydrogen-bond donors (Lipinski definition) is 1. The molecule has 0 spiro atoms. The minimum Gasteiger partial charge on any atom is -0.392 e. The van der Waals surface area contributed by atoms with Gasteiger partial charge in [-0.1, -0.05) is 23.4 Å². The van der Waals surface area contributed by atoms with Gasteiger partial charge in [0.25, 0.3) is 0 Å². The van der Waals surface area contributed by atoms with Crippen LogP contribution in [0.5, 0.6) is 0 Å². The second-order valence-electron chi connectivity index (χ2n) is 6.22. The van der Waals surface area contributed by atoms with Gasteiger partial charge in [0.15, 0.2) is 0 Å². The summed E-state index contributed by atoms with van der Waals surface area (Å²) in [5, 5.41) is 13.9. The van der Waals surface area contributed by atoms with Crippen molar-refractivity contribution < 1.29 is 22.8 Å². The molecule has 2 atom stereocenters. The SMILES string of the molecule is Cc1noc(C)c1CN1C[C@H](O)C[C@@H]1c1ccccc1C(F)(F)F. The van der Waals surface area contributed by atoms with Crippen LogP contribution < -0.4 is 0 Å². The standard InChI is InChI=1S/C17H19F3N2O2/c1-10-14(11(2)24-21-10)9-22-8-12(23)7-16(22)13-5-3-4-6-15(13)17(18,19)20/h3-6,12,16,23H,7-9H2,1-2H3/t12-,16-/m1/s1. The number of aliphatic hydroxyl groups is 1. The molecule has 1 aromatic heterocycles. The van der Waals surface area contributed by atoms with E-state index in [4.69, 9.17) is 4.52 Å². The highest BCUT2D eigenvalue weighted by Gasteiger charge is 2.40. The third kappa shape index (κ3) is 3.18. The number of aryl methyl sites for hydroxylation is 2. The summed E-state index contributed by atoms with van der Waals surface area (Å²) < 4.78 is 45.1. The Kier molecular flexibility index (Phi) is 4.40. The Morgan fingerprint density at radius 2 is 2.00 bits per heavy atom. The zero-order valence-corrected chi connectivity index (χ0v) is 13.5. The summed E-state index contributed by atoms with van der Waals surface area (Å²) in [5.74, 6) is 0.650. The minimum absolute atomic E-state index is 0.202. The molecular weight excluding hydrogens is 321 g/mol. The molecule has 0 unspecified atom stereocenters. The molecule has 24 heavy (non-hydrogen) atoms. The monoisotopic (exact) mass is 340 g/mol. The molecule has 1 fully saturated rings. The largest absolute Gasteiger partial charge is 0.416 e. The van der Waals surface area contributed by atoms with Crippen LogP contribution in [-0.2, 0) is 12.7 Å². The molecule has 1 N–H and O–H groups in total. The van der Waals surface area contributed by atoms with Crippen LogP contribution in [0, 0.1) is 13.8 Å². The van der Waals surface area contributed by atoms with Gasteiger partial charge in [0, 0.05) is 24.7 Å². The molecule has 4 nitrogen and oxygen atoms in total. The molecule has 130 valence electrons. The average Bonchev–Trinajstić information content (AvgIpc) is 3.03. The minimum atomic E-state index is -4.42. The lowest BCUT2D eigenvalue weighted by Crippen LogP contribution is -2.26. The molecule has 0 radical (unpaired) electrons. The van der Waals surface area contributed by atoms with E-state index in [1.807, 2.05) is 4.90 Å². The van der Waals surface area contributed by atoms with Gasteiger partial charge < -0.3 is 9.63 Å². The number of aliphatic hydroxyl groups excluding tert-OH is 1. The van der Waals surface area contributed by atoms with E-state index in [9.17, 15) is 18.3 Å². The van der Waals surface area contributed by atoms with Crippen molar-refractivity contribution in [3.63, 3.8) is 0 Å². The van der Waals surface area contributed by atoms with Crippen molar-refractivity contribution in [1.29, 1.82) is 0 Å². The maximum absolute atomic E-state index is 13.3. The molecule has 0 bridgehead atoms. The second kappa shape index (κ2) is 6.22. The number of alkyl halides is 3. The van der Waals surface area contributed by atoms with E-state index in [1.165, 1.54) is 12.1 Å². The Morgan fingerprint density at radius 3 is 2.62 bits per heavy atom. The Labute approximate surface area is 137 Å². The van der Waals surface area contributed by atoms with Gasteiger partial charge in [-0.2, -0.15) is 13.2 Å². The number of β-amino-alcohol motifs (C(OH)–C–C–N with tert-alkyl or cyclic N) is 1. The van der Waals surface area contributed by atoms with Crippen LogP contribution in [0.2, 0.25) is 0 Å². The van der Waals surface area contributed by atoms with Crippen LogP contribution in [-0.4, -0.2) is 27.8 Å². The first kappa shape index (κ1) is 17.0. The van der Waals surface area contributed by atoms with Gasteiger partial charge in [-0.3, -0.25) is 4.90 Å². The molecule has 3 rings (SSSR count).